The molecule has 102 valence electrons. The Morgan fingerprint density at radius 1 is 1.14 bits per heavy atom. The molecule has 0 bridgehead atoms. The SMILES string of the molecule is Cc1c(C(=O)Oc2ccc(C#N)cc2)oc2ccccc12. The minimum atomic E-state index is -0.548. The highest BCUT2D eigenvalue weighted by molar-refractivity contribution is 5.96. The van der Waals surface area contributed by atoms with Gasteiger partial charge in [-0.2, -0.15) is 5.26 Å². The average molecular weight is 277 g/mol. The Bertz CT molecular complexity index is 854. The highest BCUT2D eigenvalue weighted by atomic mass is 16.5. The molecule has 2 aromatic carbocycles. The van der Waals surface area contributed by atoms with Crippen molar-refractivity contribution >= 4 is 16.9 Å². The Hall–Kier alpha value is -3.06. The number of fused-ring (bicyclic) bond motifs is 1. The van der Waals surface area contributed by atoms with E-state index >= 15 is 0 Å². The first-order chi connectivity index (χ1) is 10.2. The molecule has 0 radical (unpaired) electrons. The normalized spacial score (nSPS) is 10.3. The van der Waals surface area contributed by atoms with Crippen molar-refractivity contribution in [1.82, 2.24) is 0 Å². The van der Waals surface area contributed by atoms with Crippen LogP contribution < -0.4 is 4.74 Å². The topological polar surface area (TPSA) is 63.2 Å². The Balaban J connectivity index is 1.90. The molecular weight excluding hydrogens is 266 g/mol. The molecule has 4 heteroatoms. The van der Waals surface area contributed by atoms with Crippen LogP contribution in [0.4, 0.5) is 0 Å². The molecule has 0 unspecified atom stereocenters. The molecule has 3 aromatic rings. The number of nitriles is 1. The molecule has 1 heterocycles. The quantitative estimate of drug-likeness (QED) is 0.527. The monoisotopic (exact) mass is 277 g/mol. The fourth-order valence-corrected chi connectivity index (χ4v) is 2.12. The van der Waals surface area contributed by atoms with Crippen LogP contribution in [0.3, 0.4) is 0 Å². The summed E-state index contributed by atoms with van der Waals surface area (Å²) in [6, 6.07) is 15.8. The number of rotatable bonds is 2. The summed E-state index contributed by atoms with van der Waals surface area (Å²) in [5.41, 5.74) is 1.92. The smallest absolute Gasteiger partial charge is 0.379 e. The molecule has 3 rings (SSSR count). The Kier molecular flexibility index (Phi) is 3.17. The van der Waals surface area contributed by atoms with Crippen LogP contribution >= 0.6 is 0 Å². The fourth-order valence-electron chi connectivity index (χ4n) is 2.12. The lowest BCUT2D eigenvalue weighted by Crippen LogP contribution is -2.08. The summed E-state index contributed by atoms with van der Waals surface area (Å²) in [7, 11) is 0. The van der Waals surface area contributed by atoms with Gasteiger partial charge in [0, 0.05) is 10.9 Å². The summed E-state index contributed by atoms with van der Waals surface area (Å²) >= 11 is 0. The number of benzene rings is 2. The van der Waals surface area contributed by atoms with Crippen LogP contribution in [-0.2, 0) is 0 Å². The van der Waals surface area contributed by atoms with E-state index in [0.717, 1.165) is 10.9 Å². The maximum absolute atomic E-state index is 12.2. The summed E-state index contributed by atoms with van der Waals surface area (Å²) in [6.07, 6.45) is 0. The molecule has 0 N–H and O–H groups in total. The molecule has 0 fully saturated rings. The number of esters is 1. The van der Waals surface area contributed by atoms with Crippen LogP contribution in [-0.4, -0.2) is 5.97 Å². The molecule has 0 aliphatic heterocycles. The third-order valence-corrected chi connectivity index (χ3v) is 3.22. The number of aryl methyl sites for hydroxylation is 1. The van der Waals surface area contributed by atoms with Crippen molar-refractivity contribution in [1.29, 1.82) is 5.26 Å². The first-order valence-corrected chi connectivity index (χ1v) is 6.39. The van der Waals surface area contributed by atoms with Crippen molar-refractivity contribution in [2.45, 2.75) is 6.92 Å². The predicted octanol–water partition coefficient (Wildman–Crippen LogP) is 3.83. The number of carbonyl (C=O) groups is 1. The zero-order valence-corrected chi connectivity index (χ0v) is 11.3. The maximum atomic E-state index is 12.2. The van der Waals surface area contributed by atoms with Crippen LogP contribution in [0, 0.1) is 18.3 Å². The van der Waals surface area contributed by atoms with Gasteiger partial charge in [0.1, 0.15) is 11.3 Å². The number of hydrogen-bond donors (Lipinski definition) is 0. The van der Waals surface area contributed by atoms with Gasteiger partial charge in [0.25, 0.3) is 0 Å². The van der Waals surface area contributed by atoms with E-state index in [1.807, 2.05) is 31.2 Å². The van der Waals surface area contributed by atoms with Crippen LogP contribution in [0.25, 0.3) is 11.0 Å². The van der Waals surface area contributed by atoms with Crippen LogP contribution in [0.15, 0.2) is 52.9 Å². The second-order valence-electron chi connectivity index (χ2n) is 4.58. The van der Waals surface area contributed by atoms with E-state index in [0.29, 0.717) is 16.9 Å². The predicted molar refractivity (Wildman–Crippen MR) is 77.1 cm³/mol. The van der Waals surface area contributed by atoms with E-state index in [2.05, 4.69) is 0 Å². The van der Waals surface area contributed by atoms with Gasteiger partial charge in [0.2, 0.25) is 5.76 Å². The zero-order valence-electron chi connectivity index (χ0n) is 11.3. The van der Waals surface area contributed by atoms with E-state index in [1.165, 1.54) is 0 Å². The lowest BCUT2D eigenvalue weighted by atomic mass is 10.1. The number of para-hydroxylation sites is 1. The third-order valence-electron chi connectivity index (χ3n) is 3.22. The molecule has 0 saturated carbocycles. The van der Waals surface area contributed by atoms with E-state index in [4.69, 9.17) is 14.4 Å². The standard InChI is InChI=1S/C17H11NO3/c1-11-14-4-2-3-5-15(14)21-16(11)17(19)20-13-8-6-12(10-18)7-9-13/h2-9H,1H3. The van der Waals surface area contributed by atoms with Crippen molar-refractivity contribution in [3.05, 3.63) is 65.4 Å². The Morgan fingerprint density at radius 3 is 2.52 bits per heavy atom. The number of hydrogen-bond acceptors (Lipinski definition) is 4. The molecule has 1 aromatic heterocycles. The lowest BCUT2D eigenvalue weighted by molar-refractivity contribution is 0.0703. The average Bonchev–Trinajstić information content (AvgIpc) is 2.86. The van der Waals surface area contributed by atoms with E-state index in [9.17, 15) is 4.79 Å². The highest BCUT2D eigenvalue weighted by Gasteiger charge is 2.19. The van der Waals surface area contributed by atoms with E-state index < -0.39 is 5.97 Å². The summed E-state index contributed by atoms with van der Waals surface area (Å²) in [4.78, 5) is 12.2. The van der Waals surface area contributed by atoms with Gasteiger partial charge in [0.05, 0.1) is 11.6 Å². The largest absolute Gasteiger partial charge is 0.449 e. The van der Waals surface area contributed by atoms with Gasteiger partial charge in [-0.3, -0.25) is 0 Å². The molecular formula is C17H11NO3. The molecule has 4 nitrogen and oxygen atoms in total. The van der Waals surface area contributed by atoms with Crippen LogP contribution in [0.2, 0.25) is 0 Å². The van der Waals surface area contributed by atoms with Gasteiger partial charge >= 0.3 is 5.97 Å². The molecule has 0 amide bonds. The van der Waals surface area contributed by atoms with Crippen molar-refractivity contribution in [3.63, 3.8) is 0 Å². The number of carbonyl (C=O) groups excluding carboxylic acids is 1. The van der Waals surface area contributed by atoms with E-state index in [-0.39, 0.29) is 5.76 Å². The van der Waals surface area contributed by atoms with Crippen molar-refractivity contribution in [2.24, 2.45) is 0 Å². The second-order valence-corrected chi connectivity index (χ2v) is 4.58. The van der Waals surface area contributed by atoms with Gasteiger partial charge in [-0.25, -0.2) is 4.79 Å². The first kappa shape index (κ1) is 12.9. The molecule has 0 atom stereocenters. The molecule has 0 aliphatic rings. The van der Waals surface area contributed by atoms with Crippen molar-refractivity contribution < 1.29 is 13.9 Å². The van der Waals surface area contributed by atoms with Gasteiger partial charge in [-0.05, 0) is 37.3 Å². The van der Waals surface area contributed by atoms with Crippen LogP contribution in [0.1, 0.15) is 21.7 Å². The third kappa shape index (κ3) is 2.37. The maximum Gasteiger partial charge on any atom is 0.379 e. The number of ether oxygens (including phenoxy) is 1. The summed E-state index contributed by atoms with van der Waals surface area (Å²) < 4.78 is 10.8. The number of nitrogens with zero attached hydrogens (tertiary/aromatic N) is 1. The highest BCUT2D eigenvalue weighted by Crippen LogP contribution is 2.26. The van der Waals surface area contributed by atoms with Gasteiger partial charge in [0.15, 0.2) is 0 Å². The molecule has 0 saturated heterocycles. The van der Waals surface area contributed by atoms with Crippen LogP contribution in [0.5, 0.6) is 5.75 Å². The van der Waals surface area contributed by atoms with Gasteiger partial charge in [-0.1, -0.05) is 18.2 Å². The second kappa shape index (κ2) is 5.14. The summed E-state index contributed by atoms with van der Waals surface area (Å²) in [6.45, 7) is 1.82. The van der Waals surface area contributed by atoms with Gasteiger partial charge in [-0.15, -0.1) is 0 Å². The van der Waals surface area contributed by atoms with E-state index in [1.54, 1.807) is 30.3 Å². The molecule has 0 spiro atoms. The minimum absolute atomic E-state index is 0.195. The van der Waals surface area contributed by atoms with Crippen molar-refractivity contribution in [3.8, 4) is 11.8 Å². The molecule has 21 heavy (non-hydrogen) atoms. The fraction of sp³-hybridized carbons (Fsp3) is 0.0588. The zero-order chi connectivity index (χ0) is 14.8. The summed E-state index contributed by atoms with van der Waals surface area (Å²) in [5, 5.41) is 9.63. The lowest BCUT2D eigenvalue weighted by Gasteiger charge is -2.02. The Labute approximate surface area is 121 Å². The van der Waals surface area contributed by atoms with Crippen molar-refractivity contribution in [2.75, 3.05) is 0 Å². The minimum Gasteiger partial charge on any atom is -0.449 e. The summed E-state index contributed by atoms with van der Waals surface area (Å²) in [5.74, 6) is 0.0211. The Morgan fingerprint density at radius 2 is 1.86 bits per heavy atom. The van der Waals surface area contributed by atoms with Gasteiger partial charge < -0.3 is 9.15 Å². The first-order valence-electron chi connectivity index (χ1n) is 6.39. The number of furan rings is 1. The molecule has 0 aliphatic carbocycles.